The predicted octanol–water partition coefficient (Wildman–Crippen LogP) is 1.84. The molecule has 4 heteroatoms. The third kappa shape index (κ3) is 3.37. The van der Waals surface area contributed by atoms with Crippen molar-refractivity contribution in [2.24, 2.45) is 0 Å². The van der Waals surface area contributed by atoms with Gasteiger partial charge in [0.05, 0.1) is 18.8 Å². The number of benzene rings is 1. The monoisotopic (exact) mass is 251 g/mol. The molecule has 0 aliphatic carbocycles. The molecule has 1 fully saturated rings. The summed E-state index contributed by atoms with van der Waals surface area (Å²) in [4.78, 5) is 0. The second-order valence-corrected chi connectivity index (χ2v) is 4.63. The Balaban J connectivity index is 1.75. The molecule has 0 radical (unpaired) electrons. The van der Waals surface area contributed by atoms with Gasteiger partial charge in [-0.15, -0.1) is 0 Å². The van der Waals surface area contributed by atoms with E-state index in [2.05, 4.69) is 12.2 Å². The number of para-hydroxylation sites is 2. The van der Waals surface area contributed by atoms with Gasteiger partial charge in [-0.25, -0.2) is 0 Å². The lowest BCUT2D eigenvalue weighted by atomic mass is 10.0. The summed E-state index contributed by atoms with van der Waals surface area (Å²) < 4.78 is 16.9. The first-order valence-electron chi connectivity index (χ1n) is 6.43. The van der Waals surface area contributed by atoms with Crippen molar-refractivity contribution in [3.63, 3.8) is 0 Å². The molecule has 18 heavy (non-hydrogen) atoms. The highest BCUT2D eigenvalue weighted by Gasteiger charge is 2.32. The molecule has 1 saturated heterocycles. The summed E-state index contributed by atoms with van der Waals surface area (Å²) in [6, 6.07) is 7.71. The van der Waals surface area contributed by atoms with Crippen molar-refractivity contribution in [2.75, 3.05) is 32.9 Å². The van der Waals surface area contributed by atoms with Crippen LogP contribution in [0.15, 0.2) is 24.3 Å². The van der Waals surface area contributed by atoms with Crippen molar-refractivity contribution in [1.29, 1.82) is 0 Å². The van der Waals surface area contributed by atoms with Gasteiger partial charge in [0.25, 0.3) is 0 Å². The Bertz CT molecular complexity index is 377. The van der Waals surface area contributed by atoms with E-state index in [0.29, 0.717) is 19.8 Å². The summed E-state index contributed by atoms with van der Waals surface area (Å²) in [5.41, 5.74) is -0.0111. The molecular formula is C14H21NO3. The third-order valence-corrected chi connectivity index (χ3v) is 2.94. The first kappa shape index (κ1) is 13.2. The van der Waals surface area contributed by atoms with Crippen LogP contribution in [-0.2, 0) is 4.74 Å². The molecule has 100 valence electrons. The fourth-order valence-electron chi connectivity index (χ4n) is 1.86. The van der Waals surface area contributed by atoms with Crippen LogP contribution in [0.3, 0.4) is 0 Å². The van der Waals surface area contributed by atoms with E-state index in [1.807, 2.05) is 31.2 Å². The summed E-state index contributed by atoms with van der Waals surface area (Å²) in [7, 11) is 0. The van der Waals surface area contributed by atoms with Crippen LogP contribution in [0.2, 0.25) is 0 Å². The van der Waals surface area contributed by atoms with Gasteiger partial charge < -0.3 is 19.5 Å². The zero-order chi connectivity index (χ0) is 12.8. The van der Waals surface area contributed by atoms with Crippen LogP contribution in [0.5, 0.6) is 11.5 Å². The number of rotatable bonds is 7. The highest BCUT2D eigenvalue weighted by molar-refractivity contribution is 5.39. The molecule has 0 unspecified atom stereocenters. The molecule has 2 rings (SSSR count). The fraction of sp³-hybridized carbons (Fsp3) is 0.571. The summed E-state index contributed by atoms with van der Waals surface area (Å²) >= 11 is 0. The molecule has 0 saturated carbocycles. The topological polar surface area (TPSA) is 39.7 Å². The van der Waals surface area contributed by atoms with E-state index in [4.69, 9.17) is 14.2 Å². The van der Waals surface area contributed by atoms with E-state index in [9.17, 15) is 0 Å². The van der Waals surface area contributed by atoms with E-state index in [1.165, 1.54) is 0 Å². The molecule has 1 N–H and O–H groups in total. The summed E-state index contributed by atoms with van der Waals surface area (Å²) in [5.74, 6) is 1.57. The lowest BCUT2D eigenvalue weighted by Gasteiger charge is -2.39. The van der Waals surface area contributed by atoms with Crippen LogP contribution in [0.25, 0.3) is 0 Å². The van der Waals surface area contributed by atoms with Crippen molar-refractivity contribution in [2.45, 2.75) is 19.4 Å². The van der Waals surface area contributed by atoms with Gasteiger partial charge in [0.2, 0.25) is 0 Å². The Morgan fingerprint density at radius 2 is 1.78 bits per heavy atom. The van der Waals surface area contributed by atoms with Crippen LogP contribution in [-0.4, -0.2) is 38.5 Å². The lowest BCUT2D eigenvalue weighted by molar-refractivity contribution is -0.0746. The Morgan fingerprint density at radius 3 is 2.33 bits per heavy atom. The summed E-state index contributed by atoms with van der Waals surface area (Å²) in [6.07, 6.45) is 0. The maximum absolute atomic E-state index is 5.76. The molecule has 0 bridgehead atoms. The standard InChI is InChI=1S/C14H21NO3/c1-3-16-12-6-4-5-7-13(12)17-8-9-18-14(2)10-15-11-14/h4-7,15H,3,8-11H2,1-2H3. The van der Waals surface area contributed by atoms with Gasteiger partial charge in [-0.2, -0.15) is 0 Å². The van der Waals surface area contributed by atoms with Crippen molar-refractivity contribution >= 4 is 0 Å². The molecular weight excluding hydrogens is 230 g/mol. The van der Waals surface area contributed by atoms with E-state index < -0.39 is 0 Å². The number of nitrogens with one attached hydrogen (secondary N) is 1. The first-order valence-corrected chi connectivity index (χ1v) is 6.43. The maximum Gasteiger partial charge on any atom is 0.161 e. The zero-order valence-corrected chi connectivity index (χ0v) is 11.1. The van der Waals surface area contributed by atoms with Crippen LogP contribution < -0.4 is 14.8 Å². The van der Waals surface area contributed by atoms with Gasteiger partial charge in [-0.3, -0.25) is 0 Å². The summed E-state index contributed by atoms with van der Waals surface area (Å²) in [5, 5.41) is 3.20. The highest BCUT2D eigenvalue weighted by atomic mass is 16.6. The molecule has 0 atom stereocenters. The minimum absolute atomic E-state index is 0.0111. The van der Waals surface area contributed by atoms with Crippen LogP contribution >= 0.6 is 0 Å². The van der Waals surface area contributed by atoms with Gasteiger partial charge in [-0.1, -0.05) is 12.1 Å². The molecule has 1 aliphatic rings. The molecule has 0 amide bonds. The van der Waals surface area contributed by atoms with Crippen molar-refractivity contribution in [3.8, 4) is 11.5 Å². The number of ether oxygens (including phenoxy) is 3. The lowest BCUT2D eigenvalue weighted by Crippen LogP contribution is -2.59. The molecule has 1 heterocycles. The van der Waals surface area contributed by atoms with Gasteiger partial charge >= 0.3 is 0 Å². The van der Waals surface area contributed by atoms with Crippen LogP contribution in [0.1, 0.15) is 13.8 Å². The van der Waals surface area contributed by atoms with E-state index >= 15 is 0 Å². The SMILES string of the molecule is CCOc1ccccc1OCCOC1(C)CNC1. The van der Waals surface area contributed by atoms with Gasteiger partial charge in [-0.05, 0) is 26.0 Å². The van der Waals surface area contributed by atoms with Gasteiger partial charge in [0.1, 0.15) is 6.61 Å². The molecule has 1 aliphatic heterocycles. The fourth-order valence-corrected chi connectivity index (χ4v) is 1.86. The Labute approximate surface area is 108 Å². The predicted molar refractivity (Wildman–Crippen MR) is 70.3 cm³/mol. The highest BCUT2D eigenvalue weighted by Crippen LogP contribution is 2.26. The first-order chi connectivity index (χ1) is 8.73. The number of hydrogen-bond donors (Lipinski definition) is 1. The van der Waals surface area contributed by atoms with Gasteiger partial charge in [0, 0.05) is 13.1 Å². The molecule has 1 aromatic carbocycles. The zero-order valence-electron chi connectivity index (χ0n) is 11.1. The van der Waals surface area contributed by atoms with E-state index in [-0.39, 0.29) is 5.60 Å². The second-order valence-electron chi connectivity index (χ2n) is 4.63. The Hall–Kier alpha value is -1.26. The molecule has 1 aromatic rings. The minimum Gasteiger partial charge on any atom is -0.490 e. The Kier molecular flexibility index (Phi) is 4.44. The van der Waals surface area contributed by atoms with Crippen LogP contribution in [0.4, 0.5) is 0 Å². The van der Waals surface area contributed by atoms with Crippen molar-refractivity contribution < 1.29 is 14.2 Å². The quantitative estimate of drug-likeness (QED) is 0.751. The van der Waals surface area contributed by atoms with E-state index in [1.54, 1.807) is 0 Å². The maximum atomic E-state index is 5.76. The molecule has 0 spiro atoms. The van der Waals surface area contributed by atoms with Gasteiger partial charge in [0.15, 0.2) is 11.5 Å². The van der Waals surface area contributed by atoms with Crippen LogP contribution in [0, 0.1) is 0 Å². The van der Waals surface area contributed by atoms with E-state index in [0.717, 1.165) is 24.6 Å². The second kappa shape index (κ2) is 6.07. The Morgan fingerprint density at radius 1 is 1.11 bits per heavy atom. The largest absolute Gasteiger partial charge is 0.490 e. The molecule has 0 aromatic heterocycles. The van der Waals surface area contributed by atoms with Crippen molar-refractivity contribution in [3.05, 3.63) is 24.3 Å². The smallest absolute Gasteiger partial charge is 0.161 e. The third-order valence-electron chi connectivity index (χ3n) is 2.94. The molecule has 4 nitrogen and oxygen atoms in total. The average Bonchev–Trinajstić information content (AvgIpc) is 2.35. The average molecular weight is 251 g/mol. The number of hydrogen-bond acceptors (Lipinski definition) is 4. The van der Waals surface area contributed by atoms with Crippen molar-refractivity contribution in [1.82, 2.24) is 5.32 Å². The minimum atomic E-state index is -0.0111. The normalized spacial score (nSPS) is 17.0. The summed E-state index contributed by atoms with van der Waals surface area (Å²) in [6.45, 7) is 7.69.